The predicted molar refractivity (Wildman–Crippen MR) is 127 cm³/mol. The minimum Gasteiger partial charge on any atom is -0.288 e. The van der Waals surface area contributed by atoms with Gasteiger partial charge in [-0.25, -0.2) is 4.98 Å². The van der Waals surface area contributed by atoms with E-state index in [-0.39, 0.29) is 5.91 Å². The molecule has 0 fully saturated rings. The number of rotatable bonds is 5. The van der Waals surface area contributed by atoms with Crippen LogP contribution in [0.15, 0.2) is 91.0 Å². The Labute approximate surface area is 191 Å². The molecule has 1 amide bonds. The third-order valence-electron chi connectivity index (χ3n) is 4.81. The standard InChI is InChI=1S/C25H19Cl2N3O/c1-30(21-5-3-2-4-6-21)29-25(31)23-16-15-22(17-7-11-19(26)12-8-17)24(28-23)18-9-13-20(27)14-10-18/h2-16H,1H3,(H,29,31). The number of nitrogens with one attached hydrogen (secondary N) is 1. The number of nitrogens with zero attached hydrogens (tertiary/aromatic N) is 2. The second-order valence-electron chi connectivity index (χ2n) is 6.94. The quantitative estimate of drug-likeness (QED) is 0.355. The molecule has 0 saturated heterocycles. The van der Waals surface area contributed by atoms with Crippen molar-refractivity contribution in [3.63, 3.8) is 0 Å². The average molecular weight is 448 g/mol. The van der Waals surface area contributed by atoms with Crippen molar-refractivity contribution in [3.8, 4) is 22.4 Å². The van der Waals surface area contributed by atoms with Crippen molar-refractivity contribution >= 4 is 34.8 Å². The molecule has 0 aliphatic heterocycles. The zero-order chi connectivity index (χ0) is 21.8. The number of para-hydroxylation sites is 1. The fraction of sp³-hybridized carbons (Fsp3) is 0.0400. The van der Waals surface area contributed by atoms with Crippen molar-refractivity contribution < 1.29 is 4.79 Å². The van der Waals surface area contributed by atoms with Crippen LogP contribution in [0.2, 0.25) is 10.0 Å². The lowest BCUT2D eigenvalue weighted by atomic mass is 9.99. The third-order valence-corrected chi connectivity index (χ3v) is 5.32. The van der Waals surface area contributed by atoms with Gasteiger partial charge in [0.15, 0.2) is 0 Å². The molecule has 0 atom stereocenters. The summed E-state index contributed by atoms with van der Waals surface area (Å²) in [5.41, 5.74) is 7.44. The van der Waals surface area contributed by atoms with Crippen molar-refractivity contribution in [1.29, 1.82) is 0 Å². The highest BCUT2D eigenvalue weighted by molar-refractivity contribution is 6.31. The Morgan fingerprint density at radius 1 is 0.774 bits per heavy atom. The fourth-order valence-electron chi connectivity index (χ4n) is 3.20. The van der Waals surface area contributed by atoms with Gasteiger partial charge in [-0.2, -0.15) is 0 Å². The summed E-state index contributed by atoms with van der Waals surface area (Å²) in [5, 5.41) is 2.96. The minimum atomic E-state index is -0.302. The van der Waals surface area contributed by atoms with E-state index >= 15 is 0 Å². The first-order chi connectivity index (χ1) is 15.0. The van der Waals surface area contributed by atoms with Crippen molar-refractivity contribution in [1.82, 2.24) is 10.4 Å². The highest BCUT2D eigenvalue weighted by atomic mass is 35.5. The van der Waals surface area contributed by atoms with Gasteiger partial charge in [0.25, 0.3) is 5.91 Å². The van der Waals surface area contributed by atoms with Crippen LogP contribution >= 0.6 is 23.2 Å². The Bertz CT molecular complexity index is 1190. The molecule has 1 aromatic heterocycles. The Morgan fingerprint density at radius 3 is 1.97 bits per heavy atom. The Balaban J connectivity index is 1.71. The van der Waals surface area contributed by atoms with E-state index in [1.54, 1.807) is 30.3 Å². The number of carbonyl (C=O) groups excluding carboxylic acids is 1. The van der Waals surface area contributed by atoms with Gasteiger partial charge in [0.2, 0.25) is 0 Å². The van der Waals surface area contributed by atoms with Crippen molar-refractivity contribution in [2.45, 2.75) is 0 Å². The second kappa shape index (κ2) is 9.21. The van der Waals surface area contributed by atoms with Gasteiger partial charge in [0, 0.05) is 28.2 Å². The lowest BCUT2D eigenvalue weighted by Gasteiger charge is -2.20. The number of hydrazine groups is 1. The first-order valence-corrected chi connectivity index (χ1v) is 10.4. The van der Waals surface area contributed by atoms with E-state index in [1.807, 2.05) is 72.8 Å². The van der Waals surface area contributed by atoms with E-state index in [2.05, 4.69) is 5.43 Å². The maximum atomic E-state index is 12.9. The molecule has 3 aromatic carbocycles. The van der Waals surface area contributed by atoms with Crippen LogP contribution in [-0.2, 0) is 0 Å². The summed E-state index contributed by atoms with van der Waals surface area (Å²) in [6.45, 7) is 0. The average Bonchev–Trinajstić information content (AvgIpc) is 2.80. The summed E-state index contributed by atoms with van der Waals surface area (Å²) in [7, 11) is 1.79. The van der Waals surface area contributed by atoms with Crippen LogP contribution in [0.3, 0.4) is 0 Å². The molecule has 4 nitrogen and oxygen atoms in total. The lowest BCUT2D eigenvalue weighted by molar-refractivity contribution is 0.0946. The van der Waals surface area contributed by atoms with E-state index in [9.17, 15) is 4.79 Å². The normalized spacial score (nSPS) is 10.5. The summed E-state index contributed by atoms with van der Waals surface area (Å²) in [6.07, 6.45) is 0. The summed E-state index contributed by atoms with van der Waals surface area (Å²) in [6, 6.07) is 28.1. The maximum absolute atomic E-state index is 12.9. The van der Waals surface area contributed by atoms with E-state index in [0.717, 1.165) is 22.4 Å². The number of amides is 1. The Kier molecular flexibility index (Phi) is 6.21. The topological polar surface area (TPSA) is 45.2 Å². The minimum absolute atomic E-state index is 0.302. The van der Waals surface area contributed by atoms with Crippen LogP contribution in [0, 0.1) is 0 Å². The van der Waals surface area contributed by atoms with Gasteiger partial charge in [0.05, 0.1) is 11.4 Å². The van der Waals surface area contributed by atoms with Crippen molar-refractivity contribution in [3.05, 3.63) is 107 Å². The van der Waals surface area contributed by atoms with Crippen LogP contribution in [-0.4, -0.2) is 17.9 Å². The van der Waals surface area contributed by atoms with E-state index in [4.69, 9.17) is 28.2 Å². The molecule has 1 N–H and O–H groups in total. The van der Waals surface area contributed by atoms with Crippen LogP contribution in [0.4, 0.5) is 5.69 Å². The van der Waals surface area contributed by atoms with Gasteiger partial charge < -0.3 is 0 Å². The Morgan fingerprint density at radius 2 is 1.35 bits per heavy atom. The lowest BCUT2D eigenvalue weighted by Crippen LogP contribution is -2.39. The van der Waals surface area contributed by atoms with Crippen LogP contribution in [0.25, 0.3) is 22.4 Å². The number of pyridine rings is 1. The number of hydrogen-bond acceptors (Lipinski definition) is 3. The largest absolute Gasteiger partial charge is 0.288 e. The highest BCUT2D eigenvalue weighted by Crippen LogP contribution is 2.32. The smallest absolute Gasteiger partial charge is 0.288 e. The zero-order valence-electron chi connectivity index (χ0n) is 16.7. The van der Waals surface area contributed by atoms with Gasteiger partial charge >= 0.3 is 0 Å². The molecule has 0 radical (unpaired) electrons. The molecular weight excluding hydrogens is 429 g/mol. The molecule has 0 aliphatic carbocycles. The first kappa shape index (κ1) is 20.9. The van der Waals surface area contributed by atoms with E-state index in [0.29, 0.717) is 21.4 Å². The first-order valence-electron chi connectivity index (χ1n) is 9.64. The highest BCUT2D eigenvalue weighted by Gasteiger charge is 2.16. The number of benzene rings is 3. The predicted octanol–water partition coefficient (Wildman–Crippen LogP) is 6.50. The molecule has 6 heteroatoms. The van der Waals surface area contributed by atoms with Crippen LogP contribution < -0.4 is 10.4 Å². The van der Waals surface area contributed by atoms with Crippen LogP contribution in [0.5, 0.6) is 0 Å². The van der Waals surface area contributed by atoms with Crippen LogP contribution in [0.1, 0.15) is 10.5 Å². The molecule has 0 aliphatic rings. The number of halogens is 2. The molecule has 0 unspecified atom stereocenters. The SMILES string of the molecule is CN(NC(=O)c1ccc(-c2ccc(Cl)cc2)c(-c2ccc(Cl)cc2)n1)c1ccccc1. The van der Waals surface area contributed by atoms with Crippen molar-refractivity contribution in [2.75, 3.05) is 12.1 Å². The van der Waals surface area contributed by atoms with Crippen molar-refractivity contribution in [2.24, 2.45) is 0 Å². The van der Waals surface area contributed by atoms with Gasteiger partial charge in [-0.05, 0) is 54.1 Å². The fourth-order valence-corrected chi connectivity index (χ4v) is 3.45. The molecule has 4 aromatic rings. The summed E-state index contributed by atoms with van der Waals surface area (Å²) in [4.78, 5) is 17.6. The third kappa shape index (κ3) is 4.88. The second-order valence-corrected chi connectivity index (χ2v) is 7.81. The summed E-state index contributed by atoms with van der Waals surface area (Å²) in [5.74, 6) is -0.302. The van der Waals surface area contributed by atoms with E-state index in [1.165, 1.54) is 0 Å². The molecule has 1 heterocycles. The van der Waals surface area contributed by atoms with Gasteiger partial charge in [-0.3, -0.25) is 15.2 Å². The monoisotopic (exact) mass is 447 g/mol. The molecule has 0 spiro atoms. The molecular formula is C25H19Cl2N3O. The maximum Gasteiger partial charge on any atom is 0.288 e. The molecule has 0 bridgehead atoms. The summed E-state index contributed by atoms with van der Waals surface area (Å²) >= 11 is 12.1. The van der Waals surface area contributed by atoms with E-state index < -0.39 is 0 Å². The summed E-state index contributed by atoms with van der Waals surface area (Å²) < 4.78 is 0. The number of anilines is 1. The Hall–Kier alpha value is -3.34. The van der Waals surface area contributed by atoms with Gasteiger partial charge in [-0.1, -0.05) is 65.7 Å². The van der Waals surface area contributed by atoms with Gasteiger partial charge in [-0.15, -0.1) is 0 Å². The molecule has 0 saturated carbocycles. The number of hydrogen-bond donors (Lipinski definition) is 1. The molecule has 31 heavy (non-hydrogen) atoms. The van der Waals surface area contributed by atoms with Gasteiger partial charge in [0.1, 0.15) is 5.69 Å². The molecule has 4 rings (SSSR count). The molecule has 154 valence electrons. The number of carbonyl (C=O) groups is 1. The zero-order valence-corrected chi connectivity index (χ0v) is 18.2. The number of aromatic nitrogens is 1.